The van der Waals surface area contributed by atoms with E-state index < -0.39 is 18.9 Å². The summed E-state index contributed by atoms with van der Waals surface area (Å²) in [5.41, 5.74) is 0.535. The predicted octanol–water partition coefficient (Wildman–Crippen LogP) is 3.44. The van der Waals surface area contributed by atoms with Crippen LogP contribution < -0.4 is 4.74 Å². The lowest BCUT2D eigenvalue weighted by Crippen LogP contribution is -2.48. The number of hydrogen-bond donors (Lipinski definition) is 0. The molecule has 2 aromatic rings. The molecule has 0 radical (unpaired) electrons. The summed E-state index contributed by atoms with van der Waals surface area (Å²) in [6.07, 6.45) is -1.41. The summed E-state index contributed by atoms with van der Waals surface area (Å²) in [6, 6.07) is 11.0. The normalized spacial score (nSPS) is 16.5. The summed E-state index contributed by atoms with van der Waals surface area (Å²) >= 11 is 0. The number of likely N-dealkylation sites (tertiary alicyclic amines) is 1. The maximum atomic E-state index is 13.3. The Morgan fingerprint density at radius 2 is 1.90 bits per heavy atom. The molecule has 1 saturated heterocycles. The van der Waals surface area contributed by atoms with Gasteiger partial charge in [-0.05, 0) is 30.4 Å². The van der Waals surface area contributed by atoms with Crippen LogP contribution in [-0.4, -0.2) is 75.0 Å². The first-order valence-corrected chi connectivity index (χ1v) is 10.4. The number of rotatable bonds is 8. The Morgan fingerprint density at radius 3 is 2.58 bits per heavy atom. The Bertz CT molecular complexity index is 922. The van der Waals surface area contributed by atoms with Crippen molar-refractivity contribution in [1.82, 2.24) is 9.80 Å². The minimum Gasteiger partial charge on any atom is -0.496 e. The van der Waals surface area contributed by atoms with Gasteiger partial charge in [0.1, 0.15) is 5.75 Å². The van der Waals surface area contributed by atoms with Crippen LogP contribution in [0, 0.1) is 5.92 Å². The zero-order chi connectivity index (χ0) is 22.4. The fourth-order valence-electron chi connectivity index (χ4n) is 4.09. The molecule has 0 spiro atoms. The first-order chi connectivity index (χ1) is 15.0. The maximum absolute atomic E-state index is 13.3. The average molecular weight is 434 g/mol. The number of alkyl halides is 2. The molecule has 6 nitrogen and oxygen atoms in total. The molecule has 1 heterocycles. The second-order valence-electron chi connectivity index (χ2n) is 7.62. The van der Waals surface area contributed by atoms with E-state index in [2.05, 4.69) is 0 Å². The highest BCUT2D eigenvalue weighted by Gasteiger charge is 2.33. The Kier molecular flexibility index (Phi) is 7.79. The van der Waals surface area contributed by atoms with Gasteiger partial charge in [-0.15, -0.1) is 0 Å². The van der Waals surface area contributed by atoms with Gasteiger partial charge in [0.15, 0.2) is 0 Å². The van der Waals surface area contributed by atoms with E-state index in [4.69, 9.17) is 9.47 Å². The van der Waals surface area contributed by atoms with E-state index in [0.29, 0.717) is 30.7 Å². The van der Waals surface area contributed by atoms with Gasteiger partial charge < -0.3 is 19.3 Å². The number of hydrogen-bond acceptors (Lipinski definition) is 4. The Morgan fingerprint density at radius 1 is 1.16 bits per heavy atom. The number of methoxy groups -OCH3 is 2. The van der Waals surface area contributed by atoms with E-state index >= 15 is 0 Å². The summed E-state index contributed by atoms with van der Waals surface area (Å²) in [5, 5.41) is 1.61. The standard InChI is InChI=1S/C23H28F2N2O4/c1-30-13-12-27(15-21(24)25)22(28)16-6-5-11-26(14-16)23(29)19-9-10-20(31-2)18-8-4-3-7-17(18)19/h3-4,7-10,16,21H,5-6,11-15H2,1-2H3. The number of fused-ring (bicyclic) bond motifs is 1. The SMILES string of the molecule is COCCN(CC(F)F)C(=O)C1CCCN(C(=O)c2ccc(OC)c3ccccc23)C1. The highest BCUT2D eigenvalue weighted by Crippen LogP contribution is 2.30. The summed E-state index contributed by atoms with van der Waals surface area (Å²) < 4.78 is 36.3. The highest BCUT2D eigenvalue weighted by atomic mass is 19.3. The van der Waals surface area contributed by atoms with Crippen LogP contribution in [0.1, 0.15) is 23.2 Å². The van der Waals surface area contributed by atoms with Crippen LogP contribution in [0.4, 0.5) is 8.78 Å². The van der Waals surface area contributed by atoms with E-state index in [9.17, 15) is 18.4 Å². The smallest absolute Gasteiger partial charge is 0.255 e. The molecule has 1 aliphatic heterocycles. The van der Waals surface area contributed by atoms with Crippen LogP contribution in [0.3, 0.4) is 0 Å². The molecule has 1 aliphatic rings. The molecular weight excluding hydrogens is 406 g/mol. The number of ether oxygens (including phenoxy) is 2. The van der Waals surface area contributed by atoms with Crippen molar-refractivity contribution in [3.05, 3.63) is 42.0 Å². The number of carbonyl (C=O) groups excluding carboxylic acids is 2. The molecule has 2 aromatic carbocycles. The van der Waals surface area contributed by atoms with E-state index in [1.165, 1.54) is 7.11 Å². The van der Waals surface area contributed by atoms with Gasteiger partial charge in [-0.1, -0.05) is 24.3 Å². The molecule has 2 amide bonds. The molecule has 8 heteroatoms. The third-order valence-corrected chi connectivity index (χ3v) is 5.63. The monoisotopic (exact) mass is 434 g/mol. The van der Waals surface area contributed by atoms with Gasteiger partial charge in [-0.3, -0.25) is 9.59 Å². The van der Waals surface area contributed by atoms with Crippen LogP contribution >= 0.6 is 0 Å². The number of nitrogens with zero attached hydrogens (tertiary/aromatic N) is 2. The zero-order valence-electron chi connectivity index (χ0n) is 17.9. The number of halogens is 2. The van der Waals surface area contributed by atoms with Gasteiger partial charge in [-0.2, -0.15) is 0 Å². The largest absolute Gasteiger partial charge is 0.496 e. The van der Waals surface area contributed by atoms with E-state index in [0.717, 1.165) is 15.7 Å². The molecule has 168 valence electrons. The fraction of sp³-hybridized carbons (Fsp3) is 0.478. The van der Waals surface area contributed by atoms with Crippen LogP contribution in [0.2, 0.25) is 0 Å². The van der Waals surface area contributed by atoms with Crippen molar-refractivity contribution in [3.8, 4) is 5.75 Å². The molecule has 0 aromatic heterocycles. The van der Waals surface area contributed by atoms with Crippen molar-refractivity contribution in [2.75, 3.05) is 47.0 Å². The first kappa shape index (κ1) is 22.9. The van der Waals surface area contributed by atoms with Crippen molar-refractivity contribution < 1.29 is 27.8 Å². The quantitative estimate of drug-likeness (QED) is 0.639. The predicted molar refractivity (Wildman–Crippen MR) is 114 cm³/mol. The van der Waals surface area contributed by atoms with Crippen molar-refractivity contribution in [1.29, 1.82) is 0 Å². The number of carbonyl (C=O) groups is 2. The summed E-state index contributed by atoms with van der Waals surface area (Å²) in [7, 11) is 3.05. The second kappa shape index (κ2) is 10.5. The lowest BCUT2D eigenvalue weighted by Gasteiger charge is -2.35. The summed E-state index contributed by atoms with van der Waals surface area (Å²) in [6.45, 7) is 0.398. The van der Waals surface area contributed by atoms with E-state index in [1.807, 2.05) is 24.3 Å². The maximum Gasteiger partial charge on any atom is 0.255 e. The van der Waals surface area contributed by atoms with Gasteiger partial charge in [-0.25, -0.2) is 8.78 Å². The van der Waals surface area contributed by atoms with E-state index in [-0.39, 0.29) is 31.5 Å². The topological polar surface area (TPSA) is 59.1 Å². The summed E-state index contributed by atoms with van der Waals surface area (Å²) in [5.74, 6) is -0.347. The van der Waals surface area contributed by atoms with Crippen molar-refractivity contribution in [2.45, 2.75) is 19.3 Å². The zero-order valence-corrected chi connectivity index (χ0v) is 17.9. The molecule has 0 N–H and O–H groups in total. The van der Waals surface area contributed by atoms with Gasteiger partial charge in [0.25, 0.3) is 12.3 Å². The minimum absolute atomic E-state index is 0.104. The molecule has 1 fully saturated rings. The second-order valence-corrected chi connectivity index (χ2v) is 7.62. The third-order valence-electron chi connectivity index (χ3n) is 5.63. The van der Waals surface area contributed by atoms with Crippen LogP contribution in [0.15, 0.2) is 36.4 Å². The molecule has 3 rings (SSSR count). The number of piperidine rings is 1. The number of benzene rings is 2. The van der Waals surface area contributed by atoms with Gasteiger partial charge in [0.2, 0.25) is 5.91 Å². The van der Waals surface area contributed by atoms with Crippen LogP contribution in [0.5, 0.6) is 5.75 Å². The number of amides is 2. The fourth-order valence-corrected chi connectivity index (χ4v) is 4.09. The molecule has 0 aliphatic carbocycles. The molecule has 0 saturated carbocycles. The summed E-state index contributed by atoms with van der Waals surface area (Å²) in [4.78, 5) is 29.0. The highest BCUT2D eigenvalue weighted by molar-refractivity contribution is 6.08. The van der Waals surface area contributed by atoms with Gasteiger partial charge >= 0.3 is 0 Å². The molecular formula is C23H28F2N2O4. The van der Waals surface area contributed by atoms with Crippen LogP contribution in [0.25, 0.3) is 10.8 Å². The van der Waals surface area contributed by atoms with Crippen molar-refractivity contribution >= 4 is 22.6 Å². The minimum atomic E-state index is -2.62. The Hall–Kier alpha value is -2.74. The lowest BCUT2D eigenvalue weighted by molar-refractivity contribution is -0.139. The average Bonchev–Trinajstić information content (AvgIpc) is 2.80. The van der Waals surface area contributed by atoms with Crippen LogP contribution in [-0.2, 0) is 9.53 Å². The molecule has 31 heavy (non-hydrogen) atoms. The van der Waals surface area contributed by atoms with Gasteiger partial charge in [0.05, 0.1) is 26.2 Å². The Labute approximate surface area is 180 Å². The molecule has 1 unspecified atom stereocenters. The molecule has 1 atom stereocenters. The third kappa shape index (κ3) is 5.31. The molecule has 0 bridgehead atoms. The van der Waals surface area contributed by atoms with E-state index in [1.54, 1.807) is 24.1 Å². The lowest BCUT2D eigenvalue weighted by atomic mass is 9.95. The van der Waals surface area contributed by atoms with Crippen molar-refractivity contribution in [2.24, 2.45) is 5.92 Å². The first-order valence-electron chi connectivity index (χ1n) is 10.4. The van der Waals surface area contributed by atoms with Gasteiger partial charge in [0, 0.05) is 37.7 Å². The Balaban J connectivity index is 1.79. The van der Waals surface area contributed by atoms with Crippen molar-refractivity contribution in [3.63, 3.8) is 0 Å².